The zero-order valence-electron chi connectivity index (χ0n) is 11.4. The molecule has 20 heavy (non-hydrogen) atoms. The van der Waals surface area contributed by atoms with Gasteiger partial charge in [-0.3, -0.25) is 4.79 Å². The Balaban J connectivity index is 2.26. The number of amides is 1. The van der Waals surface area contributed by atoms with Crippen molar-refractivity contribution in [1.82, 2.24) is 9.88 Å². The number of hydrogen-bond donors (Lipinski definition) is 0. The van der Waals surface area contributed by atoms with Gasteiger partial charge in [-0.25, -0.2) is 9.37 Å². The SMILES string of the molecule is Cc1ccc(C(C)N(C)C(=O)c2cc(F)cnc2Cl)s1. The van der Waals surface area contributed by atoms with E-state index in [0.29, 0.717) is 0 Å². The fraction of sp³-hybridized carbons (Fsp3) is 0.286. The minimum atomic E-state index is -0.578. The summed E-state index contributed by atoms with van der Waals surface area (Å²) in [7, 11) is 1.67. The van der Waals surface area contributed by atoms with Crippen molar-refractivity contribution in [2.24, 2.45) is 0 Å². The van der Waals surface area contributed by atoms with Gasteiger partial charge in [0.05, 0.1) is 17.8 Å². The molecule has 106 valence electrons. The van der Waals surface area contributed by atoms with Crippen molar-refractivity contribution >= 4 is 28.8 Å². The van der Waals surface area contributed by atoms with E-state index in [1.165, 1.54) is 9.78 Å². The van der Waals surface area contributed by atoms with Crippen LogP contribution in [0, 0.1) is 12.7 Å². The van der Waals surface area contributed by atoms with Gasteiger partial charge >= 0.3 is 0 Å². The number of rotatable bonds is 3. The van der Waals surface area contributed by atoms with E-state index in [1.54, 1.807) is 18.4 Å². The van der Waals surface area contributed by atoms with Crippen LogP contribution in [0.5, 0.6) is 0 Å². The summed E-state index contributed by atoms with van der Waals surface area (Å²) >= 11 is 7.49. The third kappa shape index (κ3) is 2.99. The van der Waals surface area contributed by atoms with Crippen molar-refractivity contribution in [3.63, 3.8) is 0 Å². The molecule has 0 spiro atoms. The van der Waals surface area contributed by atoms with Crippen LogP contribution in [0.4, 0.5) is 4.39 Å². The quantitative estimate of drug-likeness (QED) is 0.800. The lowest BCUT2D eigenvalue weighted by atomic mass is 10.2. The molecule has 2 aromatic heterocycles. The highest BCUT2D eigenvalue weighted by molar-refractivity contribution is 7.12. The molecule has 0 aromatic carbocycles. The Morgan fingerprint density at radius 3 is 2.80 bits per heavy atom. The normalized spacial score (nSPS) is 12.2. The fourth-order valence-corrected chi connectivity index (χ4v) is 2.96. The zero-order chi connectivity index (χ0) is 14.9. The van der Waals surface area contributed by atoms with Crippen LogP contribution in [-0.4, -0.2) is 22.8 Å². The summed E-state index contributed by atoms with van der Waals surface area (Å²) in [6, 6.07) is 4.99. The molecule has 0 aliphatic carbocycles. The Morgan fingerprint density at radius 2 is 2.20 bits per heavy atom. The first-order chi connectivity index (χ1) is 9.40. The molecule has 1 unspecified atom stereocenters. The minimum Gasteiger partial charge on any atom is -0.334 e. The molecule has 1 atom stereocenters. The molecule has 0 bridgehead atoms. The van der Waals surface area contributed by atoms with Crippen LogP contribution < -0.4 is 0 Å². The van der Waals surface area contributed by atoms with Gasteiger partial charge in [-0.15, -0.1) is 11.3 Å². The first kappa shape index (κ1) is 14.9. The Hall–Kier alpha value is -1.46. The second-order valence-electron chi connectivity index (χ2n) is 4.53. The van der Waals surface area contributed by atoms with Crippen molar-refractivity contribution in [3.8, 4) is 0 Å². The monoisotopic (exact) mass is 312 g/mol. The van der Waals surface area contributed by atoms with E-state index in [2.05, 4.69) is 4.98 Å². The van der Waals surface area contributed by atoms with Gasteiger partial charge in [0.25, 0.3) is 5.91 Å². The summed E-state index contributed by atoms with van der Waals surface area (Å²) in [4.78, 5) is 19.8. The predicted molar refractivity (Wildman–Crippen MR) is 78.8 cm³/mol. The van der Waals surface area contributed by atoms with Gasteiger partial charge in [-0.05, 0) is 32.0 Å². The summed E-state index contributed by atoms with van der Waals surface area (Å²) in [6.45, 7) is 3.93. The van der Waals surface area contributed by atoms with Gasteiger partial charge in [-0.2, -0.15) is 0 Å². The zero-order valence-corrected chi connectivity index (χ0v) is 12.9. The first-order valence-electron chi connectivity index (χ1n) is 6.04. The van der Waals surface area contributed by atoms with Crippen LogP contribution >= 0.6 is 22.9 Å². The third-order valence-corrected chi connectivity index (χ3v) is 4.58. The molecule has 0 aliphatic rings. The van der Waals surface area contributed by atoms with Gasteiger partial charge < -0.3 is 4.90 Å². The second-order valence-corrected chi connectivity index (χ2v) is 6.21. The average molecular weight is 313 g/mol. The molecule has 6 heteroatoms. The molecule has 1 amide bonds. The lowest BCUT2D eigenvalue weighted by molar-refractivity contribution is 0.0744. The topological polar surface area (TPSA) is 33.2 Å². The van der Waals surface area contributed by atoms with Gasteiger partial charge in [0.1, 0.15) is 11.0 Å². The van der Waals surface area contributed by atoms with Crippen LogP contribution in [0.3, 0.4) is 0 Å². The number of pyridine rings is 1. The van der Waals surface area contributed by atoms with Crippen molar-refractivity contribution in [1.29, 1.82) is 0 Å². The summed E-state index contributed by atoms with van der Waals surface area (Å²) < 4.78 is 13.2. The third-order valence-electron chi connectivity index (χ3n) is 3.11. The molecule has 2 aromatic rings. The summed E-state index contributed by atoms with van der Waals surface area (Å²) in [5.74, 6) is -0.925. The molecule has 0 N–H and O–H groups in total. The molecule has 0 aliphatic heterocycles. The highest BCUT2D eigenvalue weighted by Crippen LogP contribution is 2.28. The second kappa shape index (κ2) is 5.89. The van der Waals surface area contributed by atoms with Crippen molar-refractivity contribution in [3.05, 3.63) is 50.7 Å². The average Bonchev–Trinajstić information content (AvgIpc) is 2.85. The van der Waals surface area contributed by atoms with E-state index in [4.69, 9.17) is 11.6 Å². The maximum Gasteiger partial charge on any atom is 0.257 e. The van der Waals surface area contributed by atoms with Crippen LogP contribution in [0.1, 0.15) is 33.1 Å². The largest absolute Gasteiger partial charge is 0.334 e. The summed E-state index contributed by atoms with van der Waals surface area (Å²) in [6.07, 6.45) is 0.991. The highest BCUT2D eigenvalue weighted by Gasteiger charge is 2.22. The number of aromatic nitrogens is 1. The van der Waals surface area contributed by atoms with Crippen LogP contribution in [0.15, 0.2) is 24.4 Å². The molecular formula is C14H14ClFN2OS. The van der Waals surface area contributed by atoms with Gasteiger partial charge in [0, 0.05) is 16.8 Å². The molecule has 3 nitrogen and oxygen atoms in total. The number of halogens is 2. The highest BCUT2D eigenvalue weighted by atomic mass is 35.5. The van der Waals surface area contributed by atoms with Crippen LogP contribution in [0.25, 0.3) is 0 Å². The van der Waals surface area contributed by atoms with E-state index in [-0.39, 0.29) is 22.7 Å². The number of thiophene rings is 1. The molecule has 0 fully saturated rings. The van der Waals surface area contributed by atoms with Crippen molar-refractivity contribution in [2.75, 3.05) is 7.05 Å². The Kier molecular flexibility index (Phi) is 4.40. The van der Waals surface area contributed by atoms with E-state index in [0.717, 1.165) is 17.1 Å². The van der Waals surface area contributed by atoms with Gasteiger partial charge in [0.2, 0.25) is 0 Å². The molecule has 0 saturated carbocycles. The number of nitrogens with zero attached hydrogens (tertiary/aromatic N) is 2. The molecule has 0 radical (unpaired) electrons. The Labute approximate surface area is 126 Å². The Bertz CT molecular complexity index is 644. The van der Waals surface area contributed by atoms with Gasteiger partial charge in [-0.1, -0.05) is 11.6 Å². The smallest absolute Gasteiger partial charge is 0.257 e. The van der Waals surface area contributed by atoms with E-state index < -0.39 is 5.82 Å². The summed E-state index contributed by atoms with van der Waals surface area (Å²) in [5, 5.41) is 0.0119. The number of carbonyl (C=O) groups is 1. The predicted octanol–water partition coefficient (Wildman–Crippen LogP) is 4.08. The molecule has 2 heterocycles. The van der Waals surface area contributed by atoms with Crippen molar-refractivity contribution in [2.45, 2.75) is 19.9 Å². The van der Waals surface area contributed by atoms with E-state index >= 15 is 0 Å². The molecule has 0 saturated heterocycles. The maximum atomic E-state index is 13.2. The standard InChI is InChI=1S/C14H14ClFN2OS/c1-8-4-5-12(20-8)9(2)18(3)14(19)11-6-10(16)7-17-13(11)15/h4-7,9H,1-3H3. The van der Waals surface area contributed by atoms with Crippen LogP contribution in [-0.2, 0) is 0 Å². The molecular weight excluding hydrogens is 299 g/mol. The maximum absolute atomic E-state index is 13.2. The van der Waals surface area contributed by atoms with Crippen molar-refractivity contribution < 1.29 is 9.18 Å². The number of carbonyl (C=O) groups excluding carboxylic acids is 1. The number of hydrogen-bond acceptors (Lipinski definition) is 3. The minimum absolute atomic E-state index is 0.0119. The van der Waals surface area contributed by atoms with Gasteiger partial charge in [0.15, 0.2) is 0 Å². The molecule has 2 rings (SSSR count). The van der Waals surface area contributed by atoms with E-state index in [9.17, 15) is 9.18 Å². The van der Waals surface area contributed by atoms with Crippen LogP contribution in [0.2, 0.25) is 5.15 Å². The lowest BCUT2D eigenvalue weighted by Gasteiger charge is -2.24. The lowest BCUT2D eigenvalue weighted by Crippen LogP contribution is -2.29. The summed E-state index contributed by atoms with van der Waals surface area (Å²) in [5.41, 5.74) is 0.0781. The van der Waals surface area contributed by atoms with E-state index in [1.807, 2.05) is 26.0 Å². The Morgan fingerprint density at radius 1 is 1.50 bits per heavy atom. The fourth-order valence-electron chi connectivity index (χ4n) is 1.81. The first-order valence-corrected chi connectivity index (χ1v) is 7.24. The number of aryl methyl sites for hydroxylation is 1.